The van der Waals surface area contributed by atoms with E-state index in [0.717, 1.165) is 31.1 Å². The van der Waals surface area contributed by atoms with Crippen LogP contribution in [0.2, 0.25) is 0 Å². The van der Waals surface area contributed by atoms with Crippen molar-refractivity contribution in [3.63, 3.8) is 0 Å². The zero-order chi connectivity index (χ0) is 11.5. The van der Waals surface area contributed by atoms with Crippen LogP contribution in [0.5, 0.6) is 0 Å². The van der Waals surface area contributed by atoms with Gasteiger partial charge in [-0.25, -0.2) is 0 Å². The summed E-state index contributed by atoms with van der Waals surface area (Å²) in [7, 11) is 0. The lowest BCUT2D eigenvalue weighted by Crippen LogP contribution is -2.46. The highest BCUT2D eigenvalue weighted by Crippen LogP contribution is 2.44. The Hall–Kier alpha value is -0.0800. The highest BCUT2D eigenvalue weighted by atomic mass is 16.5. The molecule has 0 amide bonds. The third-order valence-corrected chi connectivity index (χ3v) is 4.47. The van der Waals surface area contributed by atoms with Crippen LogP contribution in [0, 0.1) is 17.8 Å². The molecule has 94 valence electrons. The Bertz CT molecular complexity index is 217. The lowest BCUT2D eigenvalue weighted by molar-refractivity contribution is 0.0988. The summed E-state index contributed by atoms with van der Waals surface area (Å²) in [5.41, 5.74) is 0. The Morgan fingerprint density at radius 3 is 2.56 bits per heavy atom. The second kappa shape index (κ2) is 5.50. The largest absolute Gasteiger partial charge is 0.380 e. The van der Waals surface area contributed by atoms with E-state index in [9.17, 15) is 0 Å². The Balaban J connectivity index is 1.81. The van der Waals surface area contributed by atoms with Gasteiger partial charge in [0.15, 0.2) is 0 Å². The molecule has 2 bridgehead atoms. The molecule has 2 rings (SSSR count). The normalized spacial score (nSPS) is 34.9. The minimum atomic E-state index is 0.546. The summed E-state index contributed by atoms with van der Waals surface area (Å²) in [4.78, 5) is 0. The number of ether oxygens (including phenoxy) is 1. The van der Waals surface area contributed by atoms with Gasteiger partial charge in [0.05, 0.1) is 6.61 Å². The quantitative estimate of drug-likeness (QED) is 0.750. The van der Waals surface area contributed by atoms with Crippen LogP contribution >= 0.6 is 0 Å². The van der Waals surface area contributed by atoms with E-state index in [1.165, 1.54) is 25.7 Å². The molecule has 2 saturated carbocycles. The van der Waals surface area contributed by atoms with Crippen molar-refractivity contribution in [3.05, 3.63) is 0 Å². The molecule has 4 unspecified atom stereocenters. The van der Waals surface area contributed by atoms with Gasteiger partial charge in [-0.1, -0.05) is 20.3 Å². The van der Waals surface area contributed by atoms with E-state index in [-0.39, 0.29) is 0 Å². The fourth-order valence-electron chi connectivity index (χ4n) is 3.40. The van der Waals surface area contributed by atoms with Crippen LogP contribution in [0.3, 0.4) is 0 Å². The summed E-state index contributed by atoms with van der Waals surface area (Å²) in [5.74, 6) is 2.67. The number of nitrogens with one attached hydrogen (secondary N) is 1. The highest BCUT2D eigenvalue weighted by Gasteiger charge is 2.40. The molecule has 2 heteroatoms. The number of hydrogen-bond acceptors (Lipinski definition) is 2. The lowest BCUT2D eigenvalue weighted by Gasteiger charge is -2.30. The average Bonchev–Trinajstić information content (AvgIpc) is 2.85. The Morgan fingerprint density at radius 1 is 1.25 bits per heavy atom. The second-order valence-corrected chi connectivity index (χ2v) is 5.96. The molecule has 0 aromatic carbocycles. The standard InChI is InChI=1S/C14H27NO/c1-4-16-9-14(10(2)3)15-13-8-11-5-6-12(13)7-11/h10-15H,4-9H2,1-3H3. The van der Waals surface area contributed by atoms with Gasteiger partial charge >= 0.3 is 0 Å². The minimum absolute atomic E-state index is 0.546. The summed E-state index contributed by atoms with van der Waals surface area (Å²) >= 11 is 0. The molecule has 0 heterocycles. The number of hydrogen-bond donors (Lipinski definition) is 1. The van der Waals surface area contributed by atoms with Crippen molar-refractivity contribution in [1.29, 1.82) is 0 Å². The molecule has 2 fully saturated rings. The van der Waals surface area contributed by atoms with Crippen molar-refractivity contribution < 1.29 is 4.74 Å². The van der Waals surface area contributed by atoms with Gasteiger partial charge in [-0.15, -0.1) is 0 Å². The zero-order valence-corrected chi connectivity index (χ0v) is 11.0. The van der Waals surface area contributed by atoms with Crippen molar-refractivity contribution in [2.24, 2.45) is 17.8 Å². The van der Waals surface area contributed by atoms with Gasteiger partial charge < -0.3 is 10.1 Å². The maximum absolute atomic E-state index is 5.58. The molecule has 2 aliphatic carbocycles. The molecule has 4 atom stereocenters. The monoisotopic (exact) mass is 225 g/mol. The molecular weight excluding hydrogens is 198 g/mol. The SMILES string of the molecule is CCOCC(NC1CC2CCC1C2)C(C)C. The van der Waals surface area contributed by atoms with Gasteiger partial charge in [0.25, 0.3) is 0 Å². The predicted octanol–water partition coefficient (Wildman–Crippen LogP) is 2.83. The summed E-state index contributed by atoms with van der Waals surface area (Å²) in [6, 6.07) is 1.33. The van der Waals surface area contributed by atoms with Crippen LogP contribution in [0.15, 0.2) is 0 Å². The molecule has 2 nitrogen and oxygen atoms in total. The van der Waals surface area contributed by atoms with Crippen LogP contribution in [-0.4, -0.2) is 25.3 Å². The Labute approximate surface area is 100 Å². The van der Waals surface area contributed by atoms with Gasteiger partial charge in [-0.2, -0.15) is 0 Å². The fourth-order valence-corrected chi connectivity index (χ4v) is 3.40. The van der Waals surface area contributed by atoms with E-state index < -0.39 is 0 Å². The third kappa shape index (κ3) is 2.78. The van der Waals surface area contributed by atoms with Crippen molar-refractivity contribution in [1.82, 2.24) is 5.32 Å². The first-order chi connectivity index (χ1) is 7.70. The molecule has 1 N–H and O–H groups in total. The van der Waals surface area contributed by atoms with E-state index >= 15 is 0 Å². The first-order valence-corrected chi connectivity index (χ1v) is 7.04. The molecule has 0 saturated heterocycles. The van der Waals surface area contributed by atoms with Gasteiger partial charge in [-0.3, -0.25) is 0 Å². The zero-order valence-electron chi connectivity index (χ0n) is 11.0. The Morgan fingerprint density at radius 2 is 2.06 bits per heavy atom. The maximum atomic E-state index is 5.58. The average molecular weight is 225 g/mol. The fraction of sp³-hybridized carbons (Fsp3) is 1.00. The predicted molar refractivity (Wildman–Crippen MR) is 67.5 cm³/mol. The van der Waals surface area contributed by atoms with Crippen LogP contribution in [0.25, 0.3) is 0 Å². The van der Waals surface area contributed by atoms with Gasteiger partial charge in [0.1, 0.15) is 0 Å². The van der Waals surface area contributed by atoms with E-state index in [1.807, 2.05) is 0 Å². The van der Waals surface area contributed by atoms with Crippen molar-refractivity contribution in [2.75, 3.05) is 13.2 Å². The molecule has 16 heavy (non-hydrogen) atoms. The Kier molecular flexibility index (Phi) is 4.26. The van der Waals surface area contributed by atoms with E-state index in [4.69, 9.17) is 4.74 Å². The molecular formula is C14H27NO. The topological polar surface area (TPSA) is 21.3 Å². The second-order valence-electron chi connectivity index (χ2n) is 5.96. The van der Waals surface area contributed by atoms with Crippen LogP contribution in [0.1, 0.15) is 46.5 Å². The van der Waals surface area contributed by atoms with Crippen molar-refractivity contribution in [3.8, 4) is 0 Å². The molecule has 0 aliphatic heterocycles. The maximum Gasteiger partial charge on any atom is 0.0622 e. The summed E-state index contributed by atoms with van der Waals surface area (Å²) in [5, 5.41) is 3.86. The lowest BCUT2D eigenvalue weighted by atomic mass is 9.93. The van der Waals surface area contributed by atoms with Crippen LogP contribution in [0.4, 0.5) is 0 Å². The summed E-state index contributed by atoms with van der Waals surface area (Å²) < 4.78 is 5.58. The molecule has 2 aliphatic rings. The van der Waals surface area contributed by atoms with Crippen LogP contribution in [-0.2, 0) is 4.74 Å². The minimum Gasteiger partial charge on any atom is -0.380 e. The van der Waals surface area contributed by atoms with Crippen LogP contribution < -0.4 is 5.32 Å². The van der Waals surface area contributed by atoms with Gasteiger partial charge in [0.2, 0.25) is 0 Å². The van der Waals surface area contributed by atoms with Crippen molar-refractivity contribution in [2.45, 2.75) is 58.5 Å². The third-order valence-electron chi connectivity index (χ3n) is 4.47. The van der Waals surface area contributed by atoms with E-state index in [1.54, 1.807) is 0 Å². The van der Waals surface area contributed by atoms with E-state index in [0.29, 0.717) is 12.0 Å². The molecule has 0 spiro atoms. The van der Waals surface area contributed by atoms with E-state index in [2.05, 4.69) is 26.1 Å². The first-order valence-electron chi connectivity index (χ1n) is 7.04. The highest BCUT2D eigenvalue weighted by molar-refractivity contribution is 4.95. The van der Waals surface area contributed by atoms with Crippen molar-refractivity contribution >= 4 is 0 Å². The molecule has 0 aromatic rings. The number of fused-ring (bicyclic) bond motifs is 2. The number of rotatable bonds is 6. The molecule has 0 aromatic heterocycles. The smallest absolute Gasteiger partial charge is 0.0622 e. The van der Waals surface area contributed by atoms with Gasteiger partial charge in [-0.05, 0) is 43.9 Å². The first kappa shape index (κ1) is 12.4. The molecule has 0 radical (unpaired) electrons. The summed E-state index contributed by atoms with van der Waals surface area (Å²) in [6.45, 7) is 8.38. The summed E-state index contributed by atoms with van der Waals surface area (Å²) in [6.07, 6.45) is 5.85. The van der Waals surface area contributed by atoms with Gasteiger partial charge in [0, 0.05) is 18.7 Å².